The molecule has 2 aliphatic heterocycles. The Morgan fingerprint density at radius 3 is 3.00 bits per heavy atom. The molecule has 17 heavy (non-hydrogen) atoms. The van der Waals surface area contributed by atoms with E-state index in [0.717, 1.165) is 31.8 Å². The summed E-state index contributed by atoms with van der Waals surface area (Å²) in [5.74, 6) is 2.46. The van der Waals surface area contributed by atoms with Crippen molar-refractivity contribution in [1.82, 2.24) is 10.2 Å². The number of halogens is 1. The molecule has 2 heterocycles. The van der Waals surface area contributed by atoms with Crippen LogP contribution in [0.4, 0.5) is 0 Å². The van der Waals surface area contributed by atoms with Crippen LogP contribution in [0.15, 0.2) is 0 Å². The van der Waals surface area contributed by atoms with E-state index in [-0.39, 0.29) is 30.5 Å². The second kappa shape index (κ2) is 7.46. The maximum atomic E-state index is 12.3. The Kier molecular flexibility index (Phi) is 6.62. The van der Waals surface area contributed by atoms with E-state index in [0.29, 0.717) is 6.61 Å². The zero-order chi connectivity index (χ0) is 11.4. The first-order valence-corrected chi connectivity index (χ1v) is 7.16. The van der Waals surface area contributed by atoms with E-state index in [1.165, 1.54) is 5.75 Å². The number of nitrogens with zero attached hydrogens (tertiary/aromatic N) is 1. The fourth-order valence-corrected chi connectivity index (χ4v) is 3.06. The number of nitrogens with one attached hydrogen (secondary N) is 1. The Morgan fingerprint density at radius 2 is 2.24 bits per heavy atom. The highest BCUT2D eigenvalue weighted by Gasteiger charge is 2.31. The number of rotatable bonds is 1. The van der Waals surface area contributed by atoms with Crippen LogP contribution < -0.4 is 5.32 Å². The number of amides is 1. The number of ether oxygens (including phenoxy) is 1. The van der Waals surface area contributed by atoms with Crippen molar-refractivity contribution in [2.75, 3.05) is 37.7 Å². The minimum atomic E-state index is -0.142. The third-order valence-corrected chi connectivity index (χ3v) is 4.17. The van der Waals surface area contributed by atoms with Gasteiger partial charge >= 0.3 is 0 Å². The molecule has 0 saturated carbocycles. The van der Waals surface area contributed by atoms with Gasteiger partial charge in [-0.2, -0.15) is 11.8 Å². The molecule has 0 radical (unpaired) electrons. The summed E-state index contributed by atoms with van der Waals surface area (Å²) in [4.78, 5) is 14.3. The first kappa shape index (κ1) is 15.1. The number of carbonyl (C=O) groups excluding carboxylic acids is 1. The Balaban J connectivity index is 0.00000144. The summed E-state index contributed by atoms with van der Waals surface area (Å²) in [5.41, 5.74) is 0. The molecule has 2 aliphatic rings. The summed E-state index contributed by atoms with van der Waals surface area (Å²) in [5, 5.41) is 3.26. The van der Waals surface area contributed by atoms with E-state index in [4.69, 9.17) is 4.74 Å². The van der Waals surface area contributed by atoms with Gasteiger partial charge in [-0.05, 0) is 19.1 Å². The van der Waals surface area contributed by atoms with Gasteiger partial charge in [-0.15, -0.1) is 12.4 Å². The highest BCUT2D eigenvalue weighted by molar-refractivity contribution is 7.99. The summed E-state index contributed by atoms with van der Waals surface area (Å²) >= 11 is 1.94. The van der Waals surface area contributed by atoms with Gasteiger partial charge in [0.05, 0.1) is 12.7 Å². The maximum Gasteiger partial charge on any atom is 0.242 e. The first-order valence-electron chi connectivity index (χ1n) is 6.00. The Bertz CT molecular complexity index is 248. The van der Waals surface area contributed by atoms with Crippen molar-refractivity contribution in [3.8, 4) is 0 Å². The smallest absolute Gasteiger partial charge is 0.242 e. The Labute approximate surface area is 113 Å². The van der Waals surface area contributed by atoms with Gasteiger partial charge in [0, 0.05) is 25.4 Å². The van der Waals surface area contributed by atoms with E-state index < -0.39 is 0 Å². The van der Waals surface area contributed by atoms with Crippen molar-refractivity contribution >= 4 is 30.1 Å². The standard InChI is InChI=1S/C11H20N2O2S.ClH/c1-9-10(12-3-6-15-9)11(14)13-4-2-7-16-8-5-13;/h9-10,12H,2-8H2,1H3;1H/t9-,10+;/m1./s1. The summed E-state index contributed by atoms with van der Waals surface area (Å²) in [6.45, 7) is 5.25. The second-order valence-corrected chi connectivity index (χ2v) is 5.52. The van der Waals surface area contributed by atoms with Crippen molar-refractivity contribution in [2.45, 2.75) is 25.5 Å². The molecular formula is C11H21ClN2O2S. The van der Waals surface area contributed by atoms with E-state index in [2.05, 4.69) is 5.32 Å². The van der Waals surface area contributed by atoms with Gasteiger partial charge in [-0.3, -0.25) is 4.79 Å². The second-order valence-electron chi connectivity index (χ2n) is 4.30. The summed E-state index contributed by atoms with van der Waals surface area (Å²) in [6, 6.07) is -0.142. The third kappa shape index (κ3) is 4.02. The molecule has 0 bridgehead atoms. The lowest BCUT2D eigenvalue weighted by atomic mass is 10.1. The van der Waals surface area contributed by atoms with Crippen molar-refractivity contribution < 1.29 is 9.53 Å². The van der Waals surface area contributed by atoms with Gasteiger partial charge < -0.3 is 15.0 Å². The van der Waals surface area contributed by atoms with Gasteiger partial charge in [0.2, 0.25) is 5.91 Å². The van der Waals surface area contributed by atoms with E-state index >= 15 is 0 Å². The number of hydrogen-bond acceptors (Lipinski definition) is 4. The Morgan fingerprint density at radius 1 is 1.41 bits per heavy atom. The molecule has 6 heteroatoms. The maximum absolute atomic E-state index is 12.3. The molecule has 0 unspecified atom stereocenters. The van der Waals surface area contributed by atoms with E-state index in [1.807, 2.05) is 23.6 Å². The molecule has 4 nitrogen and oxygen atoms in total. The minimum Gasteiger partial charge on any atom is -0.375 e. The van der Waals surface area contributed by atoms with Crippen LogP contribution in [0.25, 0.3) is 0 Å². The minimum absolute atomic E-state index is 0. The Hall–Kier alpha value is 0.0300. The van der Waals surface area contributed by atoms with Crippen LogP contribution in [0.1, 0.15) is 13.3 Å². The van der Waals surface area contributed by atoms with Gasteiger partial charge in [0.15, 0.2) is 0 Å². The van der Waals surface area contributed by atoms with Crippen LogP contribution in [0, 0.1) is 0 Å². The first-order chi connectivity index (χ1) is 7.79. The van der Waals surface area contributed by atoms with Crippen LogP contribution in [0.5, 0.6) is 0 Å². The largest absolute Gasteiger partial charge is 0.375 e. The average molecular weight is 281 g/mol. The molecule has 2 rings (SSSR count). The topological polar surface area (TPSA) is 41.6 Å². The molecule has 2 saturated heterocycles. The van der Waals surface area contributed by atoms with Crippen LogP contribution in [0.3, 0.4) is 0 Å². The van der Waals surface area contributed by atoms with Crippen molar-refractivity contribution in [3.63, 3.8) is 0 Å². The fourth-order valence-electron chi connectivity index (χ4n) is 2.17. The summed E-state index contributed by atoms with van der Waals surface area (Å²) < 4.78 is 5.52. The monoisotopic (exact) mass is 280 g/mol. The number of hydrogen-bond donors (Lipinski definition) is 1. The summed E-state index contributed by atoms with van der Waals surface area (Å²) in [6.07, 6.45) is 1.11. The SMILES string of the molecule is C[C@H]1OCCN[C@@H]1C(=O)N1CCCSCC1.Cl. The lowest BCUT2D eigenvalue weighted by Gasteiger charge is -2.33. The highest BCUT2D eigenvalue weighted by atomic mass is 35.5. The van der Waals surface area contributed by atoms with Crippen LogP contribution in [-0.2, 0) is 9.53 Å². The quantitative estimate of drug-likeness (QED) is 0.770. The van der Waals surface area contributed by atoms with Crippen LogP contribution >= 0.6 is 24.2 Å². The molecule has 2 fully saturated rings. The molecule has 0 aromatic carbocycles. The fraction of sp³-hybridized carbons (Fsp3) is 0.909. The zero-order valence-corrected chi connectivity index (χ0v) is 11.8. The number of morpholine rings is 1. The molecule has 100 valence electrons. The van der Waals surface area contributed by atoms with Crippen molar-refractivity contribution in [1.29, 1.82) is 0 Å². The number of thioether (sulfide) groups is 1. The molecular weight excluding hydrogens is 260 g/mol. The molecule has 1 N–H and O–H groups in total. The lowest BCUT2D eigenvalue weighted by Crippen LogP contribution is -2.56. The van der Waals surface area contributed by atoms with Gasteiger partial charge in [0.1, 0.15) is 6.04 Å². The van der Waals surface area contributed by atoms with Crippen molar-refractivity contribution in [3.05, 3.63) is 0 Å². The molecule has 0 aliphatic carbocycles. The molecule has 1 amide bonds. The highest BCUT2D eigenvalue weighted by Crippen LogP contribution is 2.13. The van der Waals surface area contributed by atoms with Gasteiger partial charge in [-0.25, -0.2) is 0 Å². The molecule has 0 spiro atoms. The predicted octanol–water partition coefficient (Wildman–Crippen LogP) is 0.751. The van der Waals surface area contributed by atoms with Gasteiger partial charge in [-0.1, -0.05) is 0 Å². The summed E-state index contributed by atoms with van der Waals surface area (Å²) in [7, 11) is 0. The number of carbonyl (C=O) groups is 1. The average Bonchev–Trinajstić information content (AvgIpc) is 2.57. The van der Waals surface area contributed by atoms with E-state index in [9.17, 15) is 4.79 Å². The third-order valence-electron chi connectivity index (χ3n) is 3.12. The van der Waals surface area contributed by atoms with Crippen LogP contribution in [-0.4, -0.2) is 60.7 Å². The lowest BCUT2D eigenvalue weighted by molar-refractivity contribution is -0.139. The van der Waals surface area contributed by atoms with Gasteiger partial charge in [0.25, 0.3) is 0 Å². The zero-order valence-electron chi connectivity index (χ0n) is 10.2. The van der Waals surface area contributed by atoms with Crippen LogP contribution in [0.2, 0.25) is 0 Å². The van der Waals surface area contributed by atoms with E-state index in [1.54, 1.807) is 0 Å². The predicted molar refractivity (Wildman–Crippen MR) is 73.0 cm³/mol. The molecule has 2 atom stereocenters. The molecule has 0 aromatic rings. The van der Waals surface area contributed by atoms with Crippen molar-refractivity contribution in [2.24, 2.45) is 0 Å². The molecule has 0 aromatic heterocycles. The normalized spacial score (nSPS) is 30.3.